The molecule has 2 aromatic heterocycles. The Morgan fingerprint density at radius 3 is 2.51 bits per heavy atom. The summed E-state index contributed by atoms with van der Waals surface area (Å²) in [7, 11) is 0. The Bertz CT molecular complexity index is 1450. The van der Waals surface area contributed by atoms with Gasteiger partial charge in [0.1, 0.15) is 0 Å². The second-order valence-electron chi connectivity index (χ2n) is 9.32. The second-order valence-corrected chi connectivity index (χ2v) is 9.32. The molecule has 1 saturated heterocycles. The molecule has 11 heteroatoms. The zero-order valence-electron chi connectivity index (χ0n) is 20.1. The first kappa shape index (κ1) is 24.9. The summed E-state index contributed by atoms with van der Waals surface area (Å²) >= 11 is 0. The molecule has 0 aliphatic carbocycles. The first-order valence-electron chi connectivity index (χ1n) is 11.9. The van der Waals surface area contributed by atoms with Gasteiger partial charge in [-0.15, -0.1) is 0 Å². The number of β-lactam (4-membered cyclic amide) rings is 1. The van der Waals surface area contributed by atoms with Gasteiger partial charge in [0.25, 0.3) is 0 Å². The van der Waals surface area contributed by atoms with Crippen LogP contribution in [0.15, 0.2) is 55.1 Å². The monoisotopic (exact) mass is 517 g/mol. The van der Waals surface area contributed by atoms with Crippen molar-refractivity contribution in [1.82, 2.24) is 19.7 Å². The fourth-order valence-electron chi connectivity index (χ4n) is 4.90. The van der Waals surface area contributed by atoms with Crippen molar-refractivity contribution in [3.05, 3.63) is 66.2 Å². The van der Waals surface area contributed by atoms with Gasteiger partial charge in [0.2, 0.25) is 5.91 Å². The van der Waals surface area contributed by atoms with E-state index in [-0.39, 0.29) is 22.6 Å². The highest BCUT2D eigenvalue weighted by Gasteiger charge is 2.51. The molecule has 1 amide bonds. The molecule has 0 unspecified atom stereocenters. The third kappa shape index (κ3) is 4.47. The maximum Gasteiger partial charge on any atom is 0.416 e. The van der Waals surface area contributed by atoms with E-state index in [2.05, 4.69) is 15.1 Å². The number of aromatic nitrogens is 4. The SMILES string of the molecule is CCCC[C@H]1C(=O)N(c2ccc3nc[nH]c3c2)[C@H]1c1ccc(-c2cnn(C(C)(F)F)c2)cc1C(F)(F)F. The summed E-state index contributed by atoms with van der Waals surface area (Å²) in [5, 5.41) is 3.59. The lowest BCUT2D eigenvalue weighted by atomic mass is 9.77. The standard InChI is InChI=1S/C26H24F5N5O/c1-3-4-5-19-23(36(24(19)37)17-7-9-21-22(11-17)33-14-32-21)18-8-6-15(10-20(18)26(29,30)31)16-12-34-35(13-16)25(2,27)28/h6-14,19,23H,3-5H2,1-2H3,(H,32,33)/t19-,23+/m1/s1. The highest BCUT2D eigenvalue weighted by atomic mass is 19.4. The average Bonchev–Trinajstić information content (AvgIpc) is 3.51. The van der Waals surface area contributed by atoms with E-state index < -0.39 is 29.7 Å². The lowest BCUT2D eigenvalue weighted by molar-refractivity contribution is -0.140. The minimum absolute atomic E-state index is 0.0325. The Morgan fingerprint density at radius 2 is 1.84 bits per heavy atom. The molecule has 2 aromatic carbocycles. The van der Waals surface area contributed by atoms with Crippen molar-refractivity contribution in [1.29, 1.82) is 0 Å². The summed E-state index contributed by atoms with van der Waals surface area (Å²) in [5.41, 5.74) is 1.11. The molecule has 6 nitrogen and oxygen atoms in total. The van der Waals surface area contributed by atoms with E-state index in [4.69, 9.17) is 0 Å². The number of hydrogen-bond donors (Lipinski definition) is 1. The first-order chi connectivity index (χ1) is 17.5. The van der Waals surface area contributed by atoms with Crippen LogP contribution < -0.4 is 4.90 Å². The highest BCUT2D eigenvalue weighted by molar-refractivity contribution is 6.04. The van der Waals surface area contributed by atoms with E-state index >= 15 is 0 Å². The first-order valence-corrected chi connectivity index (χ1v) is 11.9. The van der Waals surface area contributed by atoms with E-state index in [1.807, 2.05) is 6.92 Å². The maximum atomic E-state index is 14.4. The molecule has 2 atom stereocenters. The number of nitrogens with one attached hydrogen (secondary N) is 1. The molecule has 3 heterocycles. The van der Waals surface area contributed by atoms with Crippen LogP contribution in [-0.2, 0) is 17.0 Å². The Balaban J connectivity index is 1.59. The van der Waals surface area contributed by atoms with E-state index in [0.717, 1.165) is 24.9 Å². The molecule has 1 aliphatic rings. The van der Waals surface area contributed by atoms with Crippen molar-refractivity contribution in [2.45, 2.75) is 51.4 Å². The fourth-order valence-corrected chi connectivity index (χ4v) is 4.90. The molecule has 5 rings (SSSR count). The Kier molecular flexibility index (Phi) is 6.04. The number of imidazole rings is 1. The quantitative estimate of drug-likeness (QED) is 0.214. The number of carbonyl (C=O) groups is 1. The average molecular weight is 518 g/mol. The van der Waals surface area contributed by atoms with Crippen LogP contribution >= 0.6 is 0 Å². The number of nitrogens with zero attached hydrogens (tertiary/aromatic N) is 4. The third-order valence-electron chi connectivity index (χ3n) is 6.76. The summed E-state index contributed by atoms with van der Waals surface area (Å²) < 4.78 is 70.8. The zero-order valence-corrected chi connectivity index (χ0v) is 20.1. The molecule has 0 bridgehead atoms. The van der Waals surface area contributed by atoms with Gasteiger partial charge < -0.3 is 9.88 Å². The van der Waals surface area contributed by atoms with Gasteiger partial charge in [-0.3, -0.25) is 4.79 Å². The van der Waals surface area contributed by atoms with Crippen molar-refractivity contribution in [2.24, 2.45) is 5.92 Å². The van der Waals surface area contributed by atoms with Crippen molar-refractivity contribution in [2.75, 3.05) is 4.90 Å². The van der Waals surface area contributed by atoms with Crippen molar-refractivity contribution >= 4 is 22.6 Å². The molecular weight excluding hydrogens is 493 g/mol. The van der Waals surface area contributed by atoms with Gasteiger partial charge in [0, 0.05) is 24.4 Å². The molecule has 0 spiro atoms. The van der Waals surface area contributed by atoms with Crippen molar-refractivity contribution in [3.63, 3.8) is 0 Å². The number of hydrogen-bond acceptors (Lipinski definition) is 3. The second kappa shape index (κ2) is 8.97. The molecule has 0 radical (unpaired) electrons. The normalized spacial score (nSPS) is 18.5. The minimum atomic E-state index is -4.73. The van der Waals surface area contributed by atoms with Crippen LogP contribution in [0.25, 0.3) is 22.2 Å². The van der Waals surface area contributed by atoms with E-state index in [0.29, 0.717) is 41.2 Å². The fraction of sp³-hybridized carbons (Fsp3) is 0.346. The predicted octanol–water partition coefficient (Wildman–Crippen LogP) is 6.91. The number of fused-ring (bicyclic) bond motifs is 1. The number of H-pyrrole nitrogens is 1. The van der Waals surface area contributed by atoms with Crippen LogP contribution in [0.2, 0.25) is 0 Å². The molecule has 1 N–H and O–H groups in total. The molecule has 37 heavy (non-hydrogen) atoms. The van der Waals surface area contributed by atoms with Gasteiger partial charge in [-0.1, -0.05) is 31.9 Å². The predicted molar refractivity (Wildman–Crippen MR) is 128 cm³/mol. The van der Waals surface area contributed by atoms with Crippen LogP contribution in [0.5, 0.6) is 0 Å². The van der Waals surface area contributed by atoms with E-state index in [1.165, 1.54) is 23.4 Å². The zero-order chi connectivity index (χ0) is 26.5. The molecular formula is C26H24F5N5O. The van der Waals surface area contributed by atoms with Gasteiger partial charge in [0.05, 0.1) is 41.1 Å². The highest BCUT2D eigenvalue weighted by Crippen LogP contribution is 2.50. The summed E-state index contributed by atoms with van der Waals surface area (Å²) in [5.74, 6) is -0.841. The largest absolute Gasteiger partial charge is 0.416 e. The molecule has 1 fully saturated rings. The number of alkyl halides is 5. The summed E-state index contributed by atoms with van der Waals surface area (Å²) in [4.78, 5) is 21.7. The Hall–Kier alpha value is -3.76. The van der Waals surface area contributed by atoms with Crippen LogP contribution in [-0.4, -0.2) is 25.7 Å². The molecule has 0 saturated carbocycles. The molecule has 194 valence electrons. The smallest absolute Gasteiger partial charge is 0.345 e. The number of rotatable bonds is 7. The lowest BCUT2D eigenvalue weighted by Gasteiger charge is -2.48. The number of halogens is 5. The minimum Gasteiger partial charge on any atom is -0.345 e. The summed E-state index contributed by atoms with van der Waals surface area (Å²) in [6.07, 6.45) is 0.847. The van der Waals surface area contributed by atoms with Crippen LogP contribution in [0.1, 0.15) is 50.3 Å². The van der Waals surface area contributed by atoms with Crippen LogP contribution in [0, 0.1) is 5.92 Å². The Labute approximate surface area is 209 Å². The van der Waals surface area contributed by atoms with Crippen LogP contribution in [0.4, 0.5) is 27.6 Å². The molecule has 1 aliphatic heterocycles. The number of anilines is 1. The third-order valence-corrected chi connectivity index (χ3v) is 6.76. The molecule has 4 aromatic rings. The van der Waals surface area contributed by atoms with Crippen molar-refractivity contribution < 1.29 is 26.7 Å². The number of amides is 1. The lowest BCUT2D eigenvalue weighted by Crippen LogP contribution is -2.55. The number of carbonyl (C=O) groups excluding carboxylic acids is 1. The number of aromatic amines is 1. The van der Waals surface area contributed by atoms with Gasteiger partial charge >= 0.3 is 12.2 Å². The summed E-state index contributed by atoms with van der Waals surface area (Å²) in [6.45, 7) is 2.60. The van der Waals surface area contributed by atoms with Gasteiger partial charge in [-0.2, -0.15) is 27.1 Å². The Morgan fingerprint density at radius 1 is 1.05 bits per heavy atom. The topological polar surface area (TPSA) is 66.8 Å². The van der Waals surface area contributed by atoms with Crippen LogP contribution in [0.3, 0.4) is 0 Å². The van der Waals surface area contributed by atoms with Crippen molar-refractivity contribution in [3.8, 4) is 11.1 Å². The summed E-state index contributed by atoms with van der Waals surface area (Å²) in [6, 6.07) is 4.70. The van der Waals surface area contributed by atoms with E-state index in [1.54, 1.807) is 18.2 Å². The van der Waals surface area contributed by atoms with E-state index in [9.17, 15) is 26.7 Å². The van der Waals surface area contributed by atoms with Gasteiger partial charge in [-0.05, 0) is 41.8 Å². The number of benzene rings is 2. The van der Waals surface area contributed by atoms with Gasteiger partial charge in [0.15, 0.2) is 0 Å². The number of unbranched alkanes of at least 4 members (excludes halogenated alkanes) is 1. The van der Waals surface area contributed by atoms with Gasteiger partial charge in [-0.25, -0.2) is 9.67 Å². The maximum absolute atomic E-state index is 14.4.